The number of anilines is 1. The lowest BCUT2D eigenvalue weighted by Crippen LogP contribution is -2.54. The highest BCUT2D eigenvalue weighted by atomic mass is 16.4. The number of rotatable bonds is 2. The van der Waals surface area contributed by atoms with Crippen molar-refractivity contribution in [1.29, 1.82) is 0 Å². The number of carboxylic acids is 1. The molecule has 1 heterocycles. The van der Waals surface area contributed by atoms with Gasteiger partial charge in [-0.15, -0.1) is 0 Å². The van der Waals surface area contributed by atoms with Crippen molar-refractivity contribution in [3.63, 3.8) is 0 Å². The SMILES string of the molecule is O=C(O)C1CN(C(=O)Nc2cccc3ccccc23)C1. The highest BCUT2D eigenvalue weighted by Gasteiger charge is 2.35. The van der Waals surface area contributed by atoms with Gasteiger partial charge in [0, 0.05) is 18.5 Å². The highest BCUT2D eigenvalue weighted by Crippen LogP contribution is 2.24. The summed E-state index contributed by atoms with van der Waals surface area (Å²) in [5.41, 5.74) is 0.742. The molecule has 0 atom stereocenters. The van der Waals surface area contributed by atoms with Crippen LogP contribution in [0.3, 0.4) is 0 Å². The van der Waals surface area contributed by atoms with E-state index in [-0.39, 0.29) is 19.1 Å². The summed E-state index contributed by atoms with van der Waals surface area (Å²) in [6, 6.07) is 13.2. The second kappa shape index (κ2) is 4.85. The molecule has 20 heavy (non-hydrogen) atoms. The lowest BCUT2D eigenvalue weighted by molar-refractivity contribution is -0.145. The summed E-state index contributed by atoms with van der Waals surface area (Å²) in [6.07, 6.45) is 0. The Bertz CT molecular complexity index is 672. The van der Waals surface area contributed by atoms with Crippen LogP contribution in [0.4, 0.5) is 10.5 Å². The first-order valence-electron chi connectivity index (χ1n) is 6.41. The van der Waals surface area contributed by atoms with Crippen molar-refractivity contribution < 1.29 is 14.7 Å². The first-order valence-corrected chi connectivity index (χ1v) is 6.41. The van der Waals surface area contributed by atoms with E-state index in [9.17, 15) is 9.59 Å². The number of aliphatic carboxylic acids is 1. The molecule has 5 heteroatoms. The van der Waals surface area contributed by atoms with Crippen LogP contribution in [-0.2, 0) is 4.79 Å². The van der Waals surface area contributed by atoms with Crippen LogP contribution in [-0.4, -0.2) is 35.1 Å². The predicted octanol–water partition coefficient (Wildman–Crippen LogP) is 2.39. The van der Waals surface area contributed by atoms with E-state index in [1.807, 2.05) is 42.5 Å². The van der Waals surface area contributed by atoms with E-state index in [1.165, 1.54) is 4.90 Å². The molecule has 0 saturated carbocycles. The lowest BCUT2D eigenvalue weighted by atomic mass is 10.0. The summed E-state index contributed by atoms with van der Waals surface area (Å²) in [5.74, 6) is -1.28. The molecule has 2 aromatic carbocycles. The van der Waals surface area contributed by atoms with Crippen LogP contribution in [0.15, 0.2) is 42.5 Å². The number of carbonyl (C=O) groups excluding carboxylic acids is 1. The van der Waals surface area contributed by atoms with Crippen molar-refractivity contribution >= 4 is 28.5 Å². The largest absolute Gasteiger partial charge is 0.481 e. The van der Waals surface area contributed by atoms with E-state index >= 15 is 0 Å². The summed E-state index contributed by atoms with van der Waals surface area (Å²) in [5, 5.41) is 13.7. The fourth-order valence-electron chi connectivity index (χ4n) is 2.33. The Morgan fingerprint density at radius 1 is 1.10 bits per heavy atom. The molecule has 5 nitrogen and oxygen atoms in total. The minimum absolute atomic E-state index is 0.251. The molecule has 0 aliphatic carbocycles. The topological polar surface area (TPSA) is 69.6 Å². The zero-order valence-corrected chi connectivity index (χ0v) is 10.7. The molecule has 2 N–H and O–H groups in total. The Kier molecular flexibility index (Phi) is 3.02. The van der Waals surface area contributed by atoms with Crippen LogP contribution < -0.4 is 5.32 Å². The second-order valence-corrected chi connectivity index (χ2v) is 4.90. The van der Waals surface area contributed by atoms with Crippen molar-refractivity contribution in [2.75, 3.05) is 18.4 Å². The third-order valence-corrected chi connectivity index (χ3v) is 3.55. The van der Waals surface area contributed by atoms with Gasteiger partial charge in [0.05, 0.1) is 11.6 Å². The first kappa shape index (κ1) is 12.5. The van der Waals surface area contributed by atoms with E-state index in [1.54, 1.807) is 0 Å². The molecule has 0 spiro atoms. The summed E-state index contributed by atoms with van der Waals surface area (Å²) < 4.78 is 0. The normalized spacial score (nSPS) is 14.9. The molecular weight excluding hydrogens is 256 g/mol. The Balaban J connectivity index is 1.74. The van der Waals surface area contributed by atoms with Gasteiger partial charge in [-0.1, -0.05) is 36.4 Å². The highest BCUT2D eigenvalue weighted by molar-refractivity contribution is 6.01. The third kappa shape index (κ3) is 2.18. The molecule has 1 fully saturated rings. The molecule has 0 aromatic heterocycles. The molecule has 0 bridgehead atoms. The molecule has 1 saturated heterocycles. The molecule has 0 unspecified atom stereocenters. The molecule has 102 valence electrons. The van der Waals surface area contributed by atoms with Crippen molar-refractivity contribution in [3.8, 4) is 0 Å². The maximum absolute atomic E-state index is 12.0. The van der Waals surface area contributed by atoms with E-state index in [0.29, 0.717) is 0 Å². The molecule has 2 amide bonds. The van der Waals surface area contributed by atoms with Gasteiger partial charge in [-0.3, -0.25) is 4.79 Å². The Morgan fingerprint density at radius 2 is 1.80 bits per heavy atom. The van der Waals surface area contributed by atoms with Gasteiger partial charge in [-0.2, -0.15) is 0 Å². The summed E-state index contributed by atoms with van der Waals surface area (Å²) in [7, 11) is 0. The van der Waals surface area contributed by atoms with Crippen LogP contribution >= 0.6 is 0 Å². The van der Waals surface area contributed by atoms with E-state index in [4.69, 9.17) is 5.11 Å². The van der Waals surface area contributed by atoms with Gasteiger partial charge in [0.2, 0.25) is 0 Å². The Morgan fingerprint density at radius 3 is 2.55 bits per heavy atom. The molecule has 2 aromatic rings. The van der Waals surface area contributed by atoms with Crippen molar-refractivity contribution in [2.24, 2.45) is 5.92 Å². The van der Waals surface area contributed by atoms with Crippen LogP contribution in [0.2, 0.25) is 0 Å². The maximum atomic E-state index is 12.0. The van der Waals surface area contributed by atoms with Gasteiger partial charge in [-0.05, 0) is 11.5 Å². The van der Waals surface area contributed by atoms with Gasteiger partial charge >= 0.3 is 12.0 Å². The standard InChI is InChI=1S/C15H14N2O3/c18-14(19)11-8-17(9-11)15(20)16-13-7-3-5-10-4-1-2-6-12(10)13/h1-7,11H,8-9H2,(H,16,20)(H,18,19). The average molecular weight is 270 g/mol. The lowest BCUT2D eigenvalue weighted by Gasteiger charge is -2.36. The number of carbonyl (C=O) groups is 2. The van der Waals surface area contributed by atoms with Gasteiger partial charge in [-0.25, -0.2) is 4.79 Å². The zero-order valence-electron chi connectivity index (χ0n) is 10.7. The maximum Gasteiger partial charge on any atom is 0.321 e. The van der Waals surface area contributed by atoms with Crippen LogP contribution in [0.5, 0.6) is 0 Å². The second-order valence-electron chi connectivity index (χ2n) is 4.90. The van der Waals surface area contributed by atoms with E-state index < -0.39 is 11.9 Å². The number of nitrogens with zero attached hydrogens (tertiary/aromatic N) is 1. The smallest absolute Gasteiger partial charge is 0.321 e. The van der Waals surface area contributed by atoms with E-state index in [0.717, 1.165) is 16.5 Å². The van der Waals surface area contributed by atoms with Crippen LogP contribution in [0.25, 0.3) is 10.8 Å². The van der Waals surface area contributed by atoms with Gasteiger partial charge < -0.3 is 15.3 Å². The monoisotopic (exact) mass is 270 g/mol. The average Bonchev–Trinajstić information content (AvgIpc) is 2.37. The minimum atomic E-state index is -0.848. The number of benzene rings is 2. The first-order chi connectivity index (χ1) is 9.65. The Labute approximate surface area is 115 Å². The van der Waals surface area contributed by atoms with Gasteiger partial charge in [0.25, 0.3) is 0 Å². The van der Waals surface area contributed by atoms with Gasteiger partial charge in [0.1, 0.15) is 0 Å². The van der Waals surface area contributed by atoms with E-state index in [2.05, 4.69) is 5.32 Å². The molecule has 1 aliphatic heterocycles. The number of likely N-dealkylation sites (tertiary alicyclic amines) is 1. The fraction of sp³-hybridized carbons (Fsp3) is 0.200. The fourth-order valence-corrected chi connectivity index (χ4v) is 2.33. The number of fused-ring (bicyclic) bond motifs is 1. The number of hydrogen-bond acceptors (Lipinski definition) is 2. The molecular formula is C15H14N2O3. The number of urea groups is 1. The minimum Gasteiger partial charge on any atom is -0.481 e. The zero-order chi connectivity index (χ0) is 14.1. The molecule has 3 rings (SSSR count). The number of hydrogen-bond donors (Lipinski definition) is 2. The summed E-state index contributed by atoms with van der Waals surface area (Å²) >= 11 is 0. The van der Waals surface area contributed by atoms with Crippen LogP contribution in [0, 0.1) is 5.92 Å². The predicted molar refractivity (Wildman–Crippen MR) is 75.7 cm³/mol. The quantitative estimate of drug-likeness (QED) is 0.880. The Hall–Kier alpha value is -2.56. The molecule has 1 aliphatic rings. The number of carboxylic acid groups (broad SMARTS) is 1. The summed E-state index contributed by atoms with van der Waals surface area (Å²) in [6.45, 7) is 0.540. The van der Waals surface area contributed by atoms with Crippen molar-refractivity contribution in [1.82, 2.24) is 4.90 Å². The number of amides is 2. The van der Waals surface area contributed by atoms with Crippen molar-refractivity contribution in [2.45, 2.75) is 0 Å². The molecule has 0 radical (unpaired) electrons. The van der Waals surface area contributed by atoms with Crippen LogP contribution in [0.1, 0.15) is 0 Å². The third-order valence-electron chi connectivity index (χ3n) is 3.55. The summed E-state index contributed by atoms with van der Waals surface area (Å²) in [4.78, 5) is 24.3. The van der Waals surface area contributed by atoms with Gasteiger partial charge in [0.15, 0.2) is 0 Å². The van der Waals surface area contributed by atoms with Crippen molar-refractivity contribution in [3.05, 3.63) is 42.5 Å². The number of nitrogens with one attached hydrogen (secondary N) is 1.